The van der Waals surface area contributed by atoms with Crippen LogP contribution in [-0.2, 0) is 6.42 Å². The van der Waals surface area contributed by atoms with Crippen molar-refractivity contribution in [1.29, 1.82) is 0 Å². The number of anilines is 1. The lowest BCUT2D eigenvalue weighted by Crippen LogP contribution is -2.07. The number of carbonyl (C=O) groups is 1. The van der Waals surface area contributed by atoms with Crippen LogP contribution in [0.4, 0.5) is 5.69 Å². The fourth-order valence-electron chi connectivity index (χ4n) is 2.09. The summed E-state index contributed by atoms with van der Waals surface area (Å²) in [7, 11) is 0. The predicted molar refractivity (Wildman–Crippen MR) is 87.1 cm³/mol. The highest BCUT2D eigenvalue weighted by Crippen LogP contribution is 2.21. The molecule has 0 aliphatic rings. The number of Topliss-reactive ketones (excluding diaryl/α,β-unsaturated/α-hetero) is 1. The van der Waals surface area contributed by atoms with Gasteiger partial charge in [-0.05, 0) is 35.2 Å². The highest BCUT2D eigenvalue weighted by atomic mass is 79.9. The van der Waals surface area contributed by atoms with E-state index >= 15 is 0 Å². The summed E-state index contributed by atoms with van der Waals surface area (Å²) < 4.78 is 0.882. The van der Waals surface area contributed by atoms with Gasteiger partial charge in [0.15, 0.2) is 5.78 Å². The van der Waals surface area contributed by atoms with Crippen molar-refractivity contribution in [2.75, 3.05) is 5.73 Å². The van der Waals surface area contributed by atoms with Crippen molar-refractivity contribution in [1.82, 2.24) is 0 Å². The van der Waals surface area contributed by atoms with Gasteiger partial charge in [0, 0.05) is 22.1 Å². The van der Waals surface area contributed by atoms with Gasteiger partial charge in [-0.25, -0.2) is 0 Å². The molecule has 0 aromatic heterocycles. The second-order valence-electron chi connectivity index (χ2n) is 5.23. The van der Waals surface area contributed by atoms with Crippen molar-refractivity contribution in [3.8, 4) is 0 Å². The molecule has 2 nitrogen and oxygen atoms in total. The fraction of sp³-hybridized carbons (Fsp3) is 0.235. The van der Waals surface area contributed by atoms with E-state index in [1.807, 2.05) is 18.2 Å². The molecule has 0 aliphatic carbocycles. The van der Waals surface area contributed by atoms with E-state index < -0.39 is 0 Å². The Morgan fingerprint density at radius 2 is 1.80 bits per heavy atom. The number of carbonyl (C=O) groups excluding carboxylic acids is 1. The van der Waals surface area contributed by atoms with Gasteiger partial charge in [0.2, 0.25) is 0 Å². The fourth-order valence-corrected chi connectivity index (χ4v) is 2.47. The molecule has 2 N–H and O–H groups in total. The molecule has 3 heteroatoms. The number of benzene rings is 2. The maximum atomic E-state index is 12.3. The van der Waals surface area contributed by atoms with Gasteiger partial charge in [0.05, 0.1) is 0 Å². The molecule has 0 bridgehead atoms. The minimum Gasteiger partial charge on any atom is -0.398 e. The molecule has 0 amide bonds. The Labute approximate surface area is 128 Å². The van der Waals surface area contributed by atoms with Crippen LogP contribution in [0, 0.1) is 0 Å². The first-order valence-electron chi connectivity index (χ1n) is 6.64. The minimum atomic E-state index is 0.0484. The van der Waals surface area contributed by atoms with Crippen LogP contribution in [-0.4, -0.2) is 5.78 Å². The first-order valence-corrected chi connectivity index (χ1v) is 7.43. The van der Waals surface area contributed by atoms with Crippen LogP contribution in [0.5, 0.6) is 0 Å². The third kappa shape index (κ3) is 3.48. The van der Waals surface area contributed by atoms with Crippen LogP contribution in [0.1, 0.15) is 41.3 Å². The Morgan fingerprint density at radius 1 is 1.15 bits per heavy atom. The molecule has 0 radical (unpaired) electrons. The summed E-state index contributed by atoms with van der Waals surface area (Å²) in [6.07, 6.45) is 0.379. The molecule has 0 spiro atoms. The van der Waals surface area contributed by atoms with Crippen molar-refractivity contribution in [3.05, 3.63) is 63.6 Å². The third-order valence-electron chi connectivity index (χ3n) is 3.33. The van der Waals surface area contributed by atoms with E-state index in [9.17, 15) is 4.79 Å². The quantitative estimate of drug-likeness (QED) is 0.658. The number of nitrogen functional groups attached to an aromatic ring is 1. The van der Waals surface area contributed by atoms with Crippen LogP contribution in [0.3, 0.4) is 0 Å². The molecule has 0 atom stereocenters. The van der Waals surface area contributed by atoms with E-state index in [1.54, 1.807) is 12.1 Å². The van der Waals surface area contributed by atoms with E-state index in [0.29, 0.717) is 23.6 Å². The number of rotatable bonds is 4. The van der Waals surface area contributed by atoms with Crippen LogP contribution in [0.25, 0.3) is 0 Å². The summed E-state index contributed by atoms with van der Waals surface area (Å²) in [4.78, 5) is 12.3. The minimum absolute atomic E-state index is 0.0484. The molecule has 2 aromatic rings. The second kappa shape index (κ2) is 6.23. The van der Waals surface area contributed by atoms with E-state index in [4.69, 9.17) is 5.73 Å². The van der Waals surface area contributed by atoms with Crippen LogP contribution >= 0.6 is 15.9 Å². The second-order valence-corrected chi connectivity index (χ2v) is 6.14. The van der Waals surface area contributed by atoms with Crippen LogP contribution < -0.4 is 5.73 Å². The zero-order chi connectivity index (χ0) is 14.7. The average molecular weight is 332 g/mol. The maximum absolute atomic E-state index is 12.3. The summed E-state index contributed by atoms with van der Waals surface area (Å²) in [5.41, 5.74) is 9.29. The molecule has 0 saturated carbocycles. The lowest BCUT2D eigenvalue weighted by atomic mass is 9.98. The zero-order valence-corrected chi connectivity index (χ0v) is 13.3. The lowest BCUT2D eigenvalue weighted by molar-refractivity contribution is 0.0994. The van der Waals surface area contributed by atoms with Crippen molar-refractivity contribution in [2.24, 2.45) is 0 Å². The molecule has 104 valence electrons. The largest absolute Gasteiger partial charge is 0.398 e. The van der Waals surface area contributed by atoms with Crippen molar-refractivity contribution < 1.29 is 4.79 Å². The summed E-state index contributed by atoms with van der Waals surface area (Å²) in [5.74, 6) is 0.550. The summed E-state index contributed by atoms with van der Waals surface area (Å²) >= 11 is 3.34. The molecular weight excluding hydrogens is 314 g/mol. The van der Waals surface area contributed by atoms with Gasteiger partial charge in [0.1, 0.15) is 0 Å². The zero-order valence-electron chi connectivity index (χ0n) is 11.7. The van der Waals surface area contributed by atoms with Gasteiger partial charge in [-0.1, -0.05) is 54.0 Å². The molecule has 0 aliphatic heterocycles. The van der Waals surface area contributed by atoms with Crippen LogP contribution in [0.2, 0.25) is 0 Å². The SMILES string of the molecule is CC(C)c1ccc(CC(=O)c2ccc(Br)cc2N)cc1. The first-order chi connectivity index (χ1) is 9.47. The van der Waals surface area contributed by atoms with Crippen molar-refractivity contribution >= 4 is 27.4 Å². The topological polar surface area (TPSA) is 43.1 Å². The average Bonchev–Trinajstić information content (AvgIpc) is 2.39. The predicted octanol–water partition coefficient (Wildman–Crippen LogP) is 4.58. The molecule has 2 rings (SSSR count). The van der Waals surface area contributed by atoms with E-state index in [-0.39, 0.29) is 5.78 Å². The molecular formula is C17H18BrNO. The van der Waals surface area contributed by atoms with Gasteiger partial charge < -0.3 is 5.73 Å². The summed E-state index contributed by atoms with van der Waals surface area (Å²) in [5, 5.41) is 0. The lowest BCUT2D eigenvalue weighted by Gasteiger charge is -2.08. The van der Waals surface area contributed by atoms with Gasteiger partial charge in [-0.2, -0.15) is 0 Å². The molecule has 0 unspecified atom stereocenters. The van der Waals surface area contributed by atoms with Crippen molar-refractivity contribution in [2.45, 2.75) is 26.2 Å². The Morgan fingerprint density at radius 3 is 2.35 bits per heavy atom. The van der Waals surface area contributed by atoms with Gasteiger partial charge in [-0.15, -0.1) is 0 Å². The maximum Gasteiger partial charge on any atom is 0.169 e. The Balaban J connectivity index is 2.15. The Kier molecular flexibility index (Phi) is 4.61. The number of ketones is 1. The number of hydrogen-bond donors (Lipinski definition) is 1. The van der Waals surface area contributed by atoms with Gasteiger partial charge >= 0.3 is 0 Å². The monoisotopic (exact) mass is 331 g/mol. The number of nitrogens with two attached hydrogens (primary N) is 1. The molecule has 0 fully saturated rings. The normalized spacial score (nSPS) is 10.8. The van der Waals surface area contributed by atoms with E-state index in [2.05, 4.69) is 41.9 Å². The van der Waals surface area contributed by atoms with Gasteiger partial charge in [-0.3, -0.25) is 4.79 Å². The standard InChI is InChI=1S/C17H18BrNO/c1-11(2)13-5-3-12(4-6-13)9-17(20)15-8-7-14(18)10-16(15)19/h3-8,10-11H,9,19H2,1-2H3. The third-order valence-corrected chi connectivity index (χ3v) is 3.82. The first kappa shape index (κ1) is 14.8. The molecule has 2 aromatic carbocycles. The smallest absolute Gasteiger partial charge is 0.169 e. The Bertz CT molecular complexity index is 617. The number of halogens is 1. The highest BCUT2D eigenvalue weighted by molar-refractivity contribution is 9.10. The highest BCUT2D eigenvalue weighted by Gasteiger charge is 2.11. The van der Waals surface area contributed by atoms with E-state index in [0.717, 1.165) is 10.0 Å². The van der Waals surface area contributed by atoms with Crippen molar-refractivity contribution in [3.63, 3.8) is 0 Å². The summed E-state index contributed by atoms with van der Waals surface area (Å²) in [6.45, 7) is 4.31. The van der Waals surface area contributed by atoms with Gasteiger partial charge in [0.25, 0.3) is 0 Å². The molecule has 20 heavy (non-hydrogen) atoms. The number of hydrogen-bond acceptors (Lipinski definition) is 2. The molecule has 0 heterocycles. The Hall–Kier alpha value is -1.61. The van der Waals surface area contributed by atoms with E-state index in [1.165, 1.54) is 5.56 Å². The molecule has 0 saturated heterocycles. The van der Waals surface area contributed by atoms with Crippen LogP contribution in [0.15, 0.2) is 46.9 Å². The summed E-state index contributed by atoms with van der Waals surface area (Å²) in [6, 6.07) is 13.6.